The average molecular weight is 377 g/mol. The van der Waals surface area contributed by atoms with Gasteiger partial charge in [-0.1, -0.05) is 42.5 Å². The first-order valence-electron chi connectivity index (χ1n) is 8.54. The molecule has 0 aliphatic carbocycles. The Labute approximate surface area is 160 Å². The Morgan fingerprint density at radius 1 is 1.23 bits per heavy atom. The van der Waals surface area contributed by atoms with E-state index >= 15 is 0 Å². The van der Waals surface area contributed by atoms with Crippen molar-refractivity contribution in [2.75, 3.05) is 26.9 Å². The SMILES string of the molecule is COc1ccccc1-c1ccc(C(C)NC(=O)C2COCCN2)cc1.Cl. The summed E-state index contributed by atoms with van der Waals surface area (Å²) in [4.78, 5) is 12.3. The highest BCUT2D eigenvalue weighted by Gasteiger charge is 2.22. The lowest BCUT2D eigenvalue weighted by molar-refractivity contribution is -0.126. The number of methoxy groups -OCH3 is 1. The second-order valence-electron chi connectivity index (χ2n) is 6.13. The van der Waals surface area contributed by atoms with Gasteiger partial charge in [-0.25, -0.2) is 0 Å². The fourth-order valence-corrected chi connectivity index (χ4v) is 2.97. The number of amides is 1. The first kappa shape index (κ1) is 20.2. The molecule has 0 saturated carbocycles. The minimum atomic E-state index is -0.274. The standard InChI is InChI=1S/C20H24N2O3.ClH/c1-14(22-20(23)18-13-25-12-11-21-18)15-7-9-16(10-8-15)17-5-3-4-6-19(17)24-2;/h3-10,14,18,21H,11-13H2,1-2H3,(H,22,23);1H. The first-order valence-corrected chi connectivity index (χ1v) is 8.54. The summed E-state index contributed by atoms with van der Waals surface area (Å²) < 4.78 is 10.8. The summed E-state index contributed by atoms with van der Waals surface area (Å²) in [5, 5.41) is 6.21. The van der Waals surface area contributed by atoms with Gasteiger partial charge >= 0.3 is 0 Å². The minimum absolute atomic E-state index is 0. The molecule has 1 aliphatic rings. The van der Waals surface area contributed by atoms with Crippen LogP contribution in [0.15, 0.2) is 48.5 Å². The number of rotatable bonds is 5. The number of morpholine rings is 1. The highest BCUT2D eigenvalue weighted by molar-refractivity contribution is 5.85. The van der Waals surface area contributed by atoms with E-state index in [-0.39, 0.29) is 30.4 Å². The molecular formula is C20H25ClN2O3. The zero-order valence-corrected chi connectivity index (χ0v) is 15.8. The van der Waals surface area contributed by atoms with E-state index in [1.807, 2.05) is 43.3 Å². The molecule has 1 fully saturated rings. The maximum absolute atomic E-state index is 12.3. The largest absolute Gasteiger partial charge is 0.496 e. The molecule has 6 heteroatoms. The first-order chi connectivity index (χ1) is 12.2. The molecule has 1 heterocycles. The third-order valence-electron chi connectivity index (χ3n) is 4.43. The van der Waals surface area contributed by atoms with Crippen molar-refractivity contribution in [3.05, 3.63) is 54.1 Å². The van der Waals surface area contributed by atoms with Crippen molar-refractivity contribution < 1.29 is 14.3 Å². The van der Waals surface area contributed by atoms with Gasteiger partial charge in [0.2, 0.25) is 5.91 Å². The summed E-state index contributed by atoms with van der Waals surface area (Å²) in [6, 6.07) is 15.8. The number of carbonyl (C=O) groups excluding carboxylic acids is 1. The van der Waals surface area contributed by atoms with Crippen LogP contribution in [0.2, 0.25) is 0 Å². The second-order valence-corrected chi connectivity index (χ2v) is 6.13. The number of halogens is 1. The van der Waals surface area contributed by atoms with Crippen LogP contribution < -0.4 is 15.4 Å². The summed E-state index contributed by atoms with van der Waals surface area (Å²) in [5.41, 5.74) is 3.20. The highest BCUT2D eigenvalue weighted by Crippen LogP contribution is 2.30. The molecule has 2 aromatic carbocycles. The Hall–Kier alpha value is -2.08. The van der Waals surface area contributed by atoms with Crippen LogP contribution in [0.1, 0.15) is 18.5 Å². The molecule has 2 N–H and O–H groups in total. The van der Waals surface area contributed by atoms with Crippen molar-refractivity contribution in [1.82, 2.24) is 10.6 Å². The Bertz CT molecular complexity index is 715. The molecule has 0 aromatic heterocycles. The van der Waals surface area contributed by atoms with Crippen LogP contribution in [0.3, 0.4) is 0 Å². The zero-order chi connectivity index (χ0) is 17.6. The average Bonchev–Trinajstić information content (AvgIpc) is 2.68. The van der Waals surface area contributed by atoms with Gasteiger partial charge in [0.05, 0.1) is 26.4 Å². The van der Waals surface area contributed by atoms with Crippen molar-refractivity contribution in [3.63, 3.8) is 0 Å². The molecule has 2 atom stereocenters. The van der Waals surface area contributed by atoms with Crippen LogP contribution >= 0.6 is 12.4 Å². The van der Waals surface area contributed by atoms with Crippen LogP contribution in [0, 0.1) is 0 Å². The molecular weight excluding hydrogens is 352 g/mol. The van der Waals surface area contributed by atoms with E-state index in [9.17, 15) is 4.79 Å². The monoisotopic (exact) mass is 376 g/mol. The van der Waals surface area contributed by atoms with E-state index < -0.39 is 0 Å². The molecule has 140 valence electrons. The molecule has 3 rings (SSSR count). The molecule has 1 aliphatic heterocycles. The molecule has 0 radical (unpaired) electrons. The summed E-state index contributed by atoms with van der Waals surface area (Å²) in [6.07, 6.45) is 0. The van der Waals surface area contributed by atoms with E-state index in [4.69, 9.17) is 9.47 Å². The van der Waals surface area contributed by atoms with Gasteiger partial charge < -0.3 is 20.1 Å². The highest BCUT2D eigenvalue weighted by atomic mass is 35.5. The van der Waals surface area contributed by atoms with Gasteiger partial charge in [0, 0.05) is 12.1 Å². The molecule has 2 unspecified atom stereocenters. The fraction of sp³-hybridized carbons (Fsp3) is 0.350. The van der Waals surface area contributed by atoms with Gasteiger partial charge in [-0.05, 0) is 24.1 Å². The Balaban J connectivity index is 0.00000243. The van der Waals surface area contributed by atoms with Crippen LogP contribution in [0.5, 0.6) is 5.75 Å². The van der Waals surface area contributed by atoms with E-state index in [1.54, 1.807) is 7.11 Å². The second kappa shape index (κ2) is 9.57. The number of carbonyl (C=O) groups is 1. The van der Waals surface area contributed by atoms with Crippen molar-refractivity contribution in [2.45, 2.75) is 19.0 Å². The molecule has 1 amide bonds. The number of para-hydroxylation sites is 1. The van der Waals surface area contributed by atoms with Crippen LogP contribution in [0.25, 0.3) is 11.1 Å². The van der Waals surface area contributed by atoms with E-state index in [0.29, 0.717) is 19.8 Å². The van der Waals surface area contributed by atoms with Gasteiger partial charge in [0.1, 0.15) is 11.8 Å². The van der Waals surface area contributed by atoms with Gasteiger partial charge in [0.25, 0.3) is 0 Å². The lowest BCUT2D eigenvalue weighted by Gasteiger charge is -2.25. The molecule has 1 saturated heterocycles. The molecule has 5 nitrogen and oxygen atoms in total. The third kappa shape index (κ3) is 4.75. The Morgan fingerprint density at radius 3 is 2.62 bits per heavy atom. The number of hydrogen-bond acceptors (Lipinski definition) is 4. The quantitative estimate of drug-likeness (QED) is 0.842. The van der Waals surface area contributed by atoms with Gasteiger partial charge in [-0.2, -0.15) is 0 Å². The van der Waals surface area contributed by atoms with Crippen molar-refractivity contribution in [2.24, 2.45) is 0 Å². The summed E-state index contributed by atoms with van der Waals surface area (Å²) in [6.45, 7) is 3.77. The number of ether oxygens (including phenoxy) is 2. The van der Waals surface area contributed by atoms with Crippen LogP contribution in [0.4, 0.5) is 0 Å². The summed E-state index contributed by atoms with van der Waals surface area (Å²) >= 11 is 0. The summed E-state index contributed by atoms with van der Waals surface area (Å²) in [7, 11) is 1.67. The van der Waals surface area contributed by atoms with Crippen LogP contribution in [-0.4, -0.2) is 38.8 Å². The normalized spacial score (nSPS) is 17.7. The molecule has 2 aromatic rings. The Morgan fingerprint density at radius 2 is 1.96 bits per heavy atom. The van der Waals surface area contributed by atoms with Crippen LogP contribution in [-0.2, 0) is 9.53 Å². The van der Waals surface area contributed by atoms with E-state index in [2.05, 4.69) is 22.8 Å². The number of nitrogens with one attached hydrogen (secondary N) is 2. The van der Waals surface area contributed by atoms with Crippen molar-refractivity contribution in [1.29, 1.82) is 0 Å². The predicted molar refractivity (Wildman–Crippen MR) is 105 cm³/mol. The number of hydrogen-bond donors (Lipinski definition) is 2. The predicted octanol–water partition coefficient (Wildman–Crippen LogP) is 2.95. The molecule has 26 heavy (non-hydrogen) atoms. The maximum Gasteiger partial charge on any atom is 0.240 e. The molecule has 0 spiro atoms. The third-order valence-corrected chi connectivity index (χ3v) is 4.43. The lowest BCUT2D eigenvalue weighted by atomic mass is 10.0. The maximum atomic E-state index is 12.3. The molecule has 0 bridgehead atoms. The smallest absolute Gasteiger partial charge is 0.240 e. The van der Waals surface area contributed by atoms with Gasteiger partial charge in [-0.15, -0.1) is 12.4 Å². The summed E-state index contributed by atoms with van der Waals surface area (Å²) in [5.74, 6) is 0.820. The fourth-order valence-electron chi connectivity index (χ4n) is 2.97. The van der Waals surface area contributed by atoms with E-state index in [1.165, 1.54) is 0 Å². The van der Waals surface area contributed by atoms with E-state index in [0.717, 1.165) is 22.4 Å². The van der Waals surface area contributed by atoms with Crippen molar-refractivity contribution >= 4 is 18.3 Å². The van der Waals surface area contributed by atoms with Gasteiger partial charge in [-0.3, -0.25) is 4.79 Å². The zero-order valence-electron chi connectivity index (χ0n) is 15.0. The topological polar surface area (TPSA) is 59.6 Å². The van der Waals surface area contributed by atoms with Gasteiger partial charge in [0.15, 0.2) is 0 Å². The number of benzene rings is 2. The Kier molecular flexibility index (Phi) is 7.45. The lowest BCUT2D eigenvalue weighted by Crippen LogP contribution is -2.51. The van der Waals surface area contributed by atoms with Crippen molar-refractivity contribution in [3.8, 4) is 16.9 Å². The minimum Gasteiger partial charge on any atom is -0.496 e.